The van der Waals surface area contributed by atoms with Crippen molar-refractivity contribution in [3.05, 3.63) is 48.3 Å². The van der Waals surface area contributed by atoms with Crippen LogP contribution in [0.2, 0.25) is 0 Å². The molecule has 0 radical (unpaired) electrons. The van der Waals surface area contributed by atoms with E-state index >= 15 is 0 Å². The van der Waals surface area contributed by atoms with Gasteiger partial charge in [-0.15, -0.1) is 30.6 Å². The zero-order chi connectivity index (χ0) is 18.8. The Morgan fingerprint density at radius 2 is 2.00 bits per heavy atom. The van der Waals surface area contributed by atoms with E-state index in [1.165, 1.54) is 0 Å². The number of nitrogens with zero attached hydrogens (tertiary/aromatic N) is 2. The summed E-state index contributed by atoms with van der Waals surface area (Å²) in [5.74, 6) is 0.722. The van der Waals surface area contributed by atoms with Crippen molar-refractivity contribution >= 4 is 29.9 Å². The fourth-order valence-electron chi connectivity index (χ4n) is 3.38. The molecule has 2 rings (SSSR count). The van der Waals surface area contributed by atoms with E-state index in [1.54, 1.807) is 12.1 Å². The minimum absolute atomic E-state index is 0. The predicted molar refractivity (Wildman–Crippen MR) is 122 cm³/mol. The second-order valence-electron chi connectivity index (χ2n) is 6.92. The van der Waals surface area contributed by atoms with Crippen LogP contribution >= 0.6 is 24.0 Å². The number of hydrogen-bond donors (Lipinski definition) is 1. The Bertz CT molecular complexity index is 586. The summed E-state index contributed by atoms with van der Waals surface area (Å²) in [6.45, 7) is 9.75. The summed E-state index contributed by atoms with van der Waals surface area (Å²) in [6.07, 6.45) is 5.81. The molecule has 0 saturated carbocycles. The van der Waals surface area contributed by atoms with Crippen molar-refractivity contribution in [3.63, 3.8) is 0 Å². The first-order valence-electron chi connectivity index (χ1n) is 9.55. The van der Waals surface area contributed by atoms with E-state index < -0.39 is 0 Å². The molecular formula is C21H33FIN3O. The van der Waals surface area contributed by atoms with E-state index in [4.69, 9.17) is 9.73 Å². The monoisotopic (exact) mass is 489 g/mol. The van der Waals surface area contributed by atoms with E-state index in [1.807, 2.05) is 18.2 Å². The van der Waals surface area contributed by atoms with Crippen LogP contribution in [0.4, 0.5) is 4.39 Å². The average molecular weight is 489 g/mol. The standard InChI is InChI=1S/C21H32FN3O.HI/c1-4-6-7-14-25(3)20(23-5-2)24-17-21(12-15-26-16-13-21)18-8-10-19(22)11-9-18;/h4,8-11H,1,5-7,12-17H2,2-3H3,(H,23,24);1H. The molecule has 0 atom stereocenters. The molecule has 0 spiro atoms. The lowest BCUT2D eigenvalue weighted by Gasteiger charge is -2.37. The molecule has 0 unspecified atom stereocenters. The predicted octanol–water partition coefficient (Wildman–Crippen LogP) is 4.36. The summed E-state index contributed by atoms with van der Waals surface area (Å²) in [5, 5.41) is 3.39. The lowest BCUT2D eigenvalue weighted by Crippen LogP contribution is -2.42. The van der Waals surface area contributed by atoms with Gasteiger partial charge in [-0.25, -0.2) is 4.39 Å². The van der Waals surface area contributed by atoms with Crippen LogP contribution < -0.4 is 5.32 Å². The van der Waals surface area contributed by atoms with Gasteiger partial charge in [-0.05, 0) is 50.3 Å². The highest BCUT2D eigenvalue weighted by molar-refractivity contribution is 14.0. The second-order valence-corrected chi connectivity index (χ2v) is 6.92. The molecule has 0 aliphatic carbocycles. The van der Waals surface area contributed by atoms with Crippen molar-refractivity contribution in [3.8, 4) is 0 Å². The zero-order valence-corrected chi connectivity index (χ0v) is 18.9. The van der Waals surface area contributed by atoms with Crippen LogP contribution in [0.5, 0.6) is 0 Å². The Hall–Kier alpha value is -1.15. The molecule has 1 aliphatic heterocycles. The van der Waals surface area contributed by atoms with E-state index in [0.717, 1.165) is 63.5 Å². The van der Waals surface area contributed by atoms with Gasteiger partial charge in [-0.1, -0.05) is 18.2 Å². The molecule has 0 bridgehead atoms. The number of benzene rings is 1. The first kappa shape index (κ1) is 23.9. The van der Waals surface area contributed by atoms with Crippen LogP contribution in [-0.4, -0.2) is 50.8 Å². The van der Waals surface area contributed by atoms with Crippen LogP contribution in [0.25, 0.3) is 0 Å². The fraction of sp³-hybridized carbons (Fsp3) is 0.571. The molecule has 1 saturated heterocycles. The van der Waals surface area contributed by atoms with Gasteiger partial charge in [-0.2, -0.15) is 0 Å². The van der Waals surface area contributed by atoms with Crippen molar-refractivity contribution < 1.29 is 9.13 Å². The van der Waals surface area contributed by atoms with Crippen molar-refractivity contribution in [2.75, 3.05) is 39.9 Å². The van der Waals surface area contributed by atoms with Crippen LogP contribution in [0.3, 0.4) is 0 Å². The maximum atomic E-state index is 13.4. The molecule has 0 amide bonds. The zero-order valence-electron chi connectivity index (χ0n) is 16.5. The van der Waals surface area contributed by atoms with Crippen molar-refractivity contribution in [1.82, 2.24) is 10.2 Å². The maximum absolute atomic E-state index is 13.4. The minimum atomic E-state index is -0.199. The van der Waals surface area contributed by atoms with Gasteiger partial charge in [0.2, 0.25) is 0 Å². The van der Waals surface area contributed by atoms with Crippen LogP contribution in [-0.2, 0) is 10.2 Å². The van der Waals surface area contributed by atoms with Gasteiger partial charge >= 0.3 is 0 Å². The third-order valence-corrected chi connectivity index (χ3v) is 5.04. The highest BCUT2D eigenvalue weighted by Crippen LogP contribution is 2.35. The van der Waals surface area contributed by atoms with E-state index in [9.17, 15) is 4.39 Å². The van der Waals surface area contributed by atoms with E-state index in [2.05, 4.69) is 30.8 Å². The van der Waals surface area contributed by atoms with Crippen LogP contribution in [0.15, 0.2) is 41.9 Å². The van der Waals surface area contributed by atoms with Gasteiger partial charge in [0.05, 0.1) is 6.54 Å². The van der Waals surface area contributed by atoms with Crippen LogP contribution in [0.1, 0.15) is 38.2 Å². The average Bonchev–Trinajstić information content (AvgIpc) is 2.66. The molecule has 1 N–H and O–H groups in total. The molecule has 1 fully saturated rings. The Morgan fingerprint density at radius 3 is 2.59 bits per heavy atom. The summed E-state index contributed by atoms with van der Waals surface area (Å²) >= 11 is 0. The van der Waals surface area contributed by atoms with Gasteiger partial charge in [0.1, 0.15) is 5.82 Å². The molecule has 6 heteroatoms. The molecule has 1 aromatic carbocycles. The molecule has 1 aromatic rings. The van der Waals surface area contributed by atoms with Crippen LogP contribution in [0, 0.1) is 5.82 Å². The van der Waals surface area contributed by atoms with E-state index in [0.29, 0.717) is 6.54 Å². The smallest absolute Gasteiger partial charge is 0.193 e. The first-order chi connectivity index (χ1) is 12.6. The van der Waals surface area contributed by atoms with Gasteiger partial charge in [0.15, 0.2) is 5.96 Å². The second kappa shape index (κ2) is 12.3. The Morgan fingerprint density at radius 1 is 1.33 bits per heavy atom. The number of aliphatic imine (C=N–C) groups is 1. The number of halogens is 2. The fourth-order valence-corrected chi connectivity index (χ4v) is 3.38. The quantitative estimate of drug-likeness (QED) is 0.194. The molecule has 4 nitrogen and oxygen atoms in total. The molecule has 1 aliphatic rings. The number of hydrogen-bond acceptors (Lipinski definition) is 2. The minimum Gasteiger partial charge on any atom is -0.381 e. The molecule has 1 heterocycles. The Kier molecular flexibility index (Phi) is 10.9. The Balaban J connectivity index is 0.00000364. The van der Waals surface area contributed by atoms with Crippen molar-refractivity contribution in [2.24, 2.45) is 4.99 Å². The highest BCUT2D eigenvalue weighted by atomic mass is 127. The Labute approximate surface area is 180 Å². The molecule has 0 aromatic heterocycles. The number of nitrogens with one attached hydrogen (secondary N) is 1. The summed E-state index contributed by atoms with van der Waals surface area (Å²) in [5.41, 5.74) is 1.06. The summed E-state index contributed by atoms with van der Waals surface area (Å²) in [6, 6.07) is 6.89. The van der Waals surface area contributed by atoms with Gasteiger partial charge in [0, 0.05) is 38.8 Å². The van der Waals surface area contributed by atoms with Crippen molar-refractivity contribution in [1.29, 1.82) is 0 Å². The lowest BCUT2D eigenvalue weighted by atomic mass is 9.74. The van der Waals surface area contributed by atoms with Gasteiger partial charge < -0.3 is 15.0 Å². The largest absolute Gasteiger partial charge is 0.381 e. The SMILES string of the molecule is C=CCCCN(C)C(=NCC1(c2ccc(F)cc2)CCOCC1)NCC.I. The topological polar surface area (TPSA) is 36.9 Å². The summed E-state index contributed by atoms with van der Waals surface area (Å²) in [7, 11) is 2.07. The van der Waals surface area contributed by atoms with E-state index in [-0.39, 0.29) is 35.2 Å². The highest BCUT2D eigenvalue weighted by Gasteiger charge is 2.34. The summed E-state index contributed by atoms with van der Waals surface area (Å²) < 4.78 is 18.9. The number of ether oxygens (including phenoxy) is 1. The number of allylic oxidation sites excluding steroid dienone is 1. The molecule has 152 valence electrons. The molecule has 27 heavy (non-hydrogen) atoms. The molecular weight excluding hydrogens is 456 g/mol. The third-order valence-electron chi connectivity index (χ3n) is 5.04. The normalized spacial score (nSPS) is 16.3. The first-order valence-corrected chi connectivity index (χ1v) is 9.55. The number of unbranched alkanes of at least 4 members (excludes halogenated alkanes) is 1. The number of guanidine groups is 1. The maximum Gasteiger partial charge on any atom is 0.193 e. The summed E-state index contributed by atoms with van der Waals surface area (Å²) in [4.78, 5) is 7.11. The van der Waals surface area contributed by atoms with Gasteiger partial charge in [-0.3, -0.25) is 4.99 Å². The third kappa shape index (κ3) is 7.07. The van der Waals surface area contributed by atoms with Gasteiger partial charge in [0.25, 0.3) is 0 Å². The van der Waals surface area contributed by atoms with Crippen molar-refractivity contribution in [2.45, 2.75) is 38.0 Å². The number of rotatable bonds is 8. The lowest BCUT2D eigenvalue weighted by molar-refractivity contribution is 0.0530.